The zero-order valence-electron chi connectivity index (χ0n) is 28.6. The Kier molecular flexibility index (Phi) is 10.9. The standard InChI is InChI=1S/C41H37N3O8/c1-49-37(45)35(42-41(30-20-10-5-11-21-30)33-24-14-12-22-31(33)32-23-13-15-25-34(32)41)36(38(46)50-2)44(40(48)52-27-29-18-8-4-9-19-29)43-39(47)51-26-28-16-6-3-7-17-28/h3-25,35-36,42H,26-27H2,1-2H3,(H,43,47)/t35-,36-/m0/s1. The van der Waals surface area contributed by atoms with Crippen LogP contribution in [-0.2, 0) is 47.3 Å². The fourth-order valence-electron chi connectivity index (χ4n) is 6.48. The van der Waals surface area contributed by atoms with Gasteiger partial charge < -0.3 is 18.9 Å². The van der Waals surface area contributed by atoms with Crippen molar-refractivity contribution in [3.8, 4) is 11.1 Å². The van der Waals surface area contributed by atoms with Gasteiger partial charge in [0.2, 0.25) is 0 Å². The molecule has 0 fully saturated rings. The summed E-state index contributed by atoms with van der Waals surface area (Å²) in [5.74, 6) is -1.97. The Labute approximate surface area is 301 Å². The van der Waals surface area contributed by atoms with Gasteiger partial charge in [0.05, 0.1) is 19.8 Å². The second-order valence-electron chi connectivity index (χ2n) is 11.9. The van der Waals surface area contributed by atoms with Crippen molar-refractivity contribution in [2.45, 2.75) is 30.8 Å². The molecule has 0 saturated carbocycles. The number of nitrogens with zero attached hydrogens (tertiary/aromatic N) is 1. The number of nitrogens with one attached hydrogen (secondary N) is 2. The number of benzene rings is 5. The molecule has 1 aliphatic rings. The van der Waals surface area contributed by atoms with Crippen LogP contribution in [0.4, 0.5) is 9.59 Å². The molecule has 0 heterocycles. The first-order valence-electron chi connectivity index (χ1n) is 16.5. The molecule has 264 valence electrons. The molecular formula is C41H37N3O8. The first kappa shape index (κ1) is 35.4. The van der Waals surface area contributed by atoms with Crippen LogP contribution in [0, 0.1) is 0 Å². The number of carbonyl (C=O) groups is 4. The monoisotopic (exact) mass is 699 g/mol. The summed E-state index contributed by atoms with van der Waals surface area (Å²) in [6.07, 6.45) is -2.25. The van der Waals surface area contributed by atoms with E-state index in [9.17, 15) is 19.2 Å². The van der Waals surface area contributed by atoms with E-state index in [1.807, 2.05) is 91.0 Å². The number of rotatable bonds is 11. The van der Waals surface area contributed by atoms with Crippen molar-refractivity contribution < 1.29 is 38.1 Å². The number of fused-ring (bicyclic) bond motifs is 3. The SMILES string of the molecule is COC(=O)[C@@H](NC1(c2ccccc2)c2ccccc2-c2ccccc21)[C@@H](C(=O)OC)N(NC(=O)OCc1ccccc1)C(=O)OCc1ccccc1. The van der Waals surface area contributed by atoms with Crippen LogP contribution in [0.2, 0.25) is 0 Å². The maximum Gasteiger partial charge on any atom is 0.430 e. The van der Waals surface area contributed by atoms with Crippen molar-refractivity contribution >= 4 is 24.1 Å². The number of methoxy groups -OCH3 is 2. The average Bonchev–Trinajstić information content (AvgIpc) is 3.49. The van der Waals surface area contributed by atoms with Gasteiger partial charge in [-0.2, -0.15) is 5.01 Å². The number of hydrogen-bond donors (Lipinski definition) is 2. The van der Waals surface area contributed by atoms with Gasteiger partial charge in [0.15, 0.2) is 6.04 Å². The molecule has 0 spiro atoms. The first-order chi connectivity index (χ1) is 25.4. The van der Waals surface area contributed by atoms with E-state index in [4.69, 9.17) is 18.9 Å². The lowest BCUT2D eigenvalue weighted by molar-refractivity contribution is -0.157. The predicted octanol–water partition coefficient (Wildman–Crippen LogP) is 6.11. The van der Waals surface area contributed by atoms with Crippen LogP contribution in [0.25, 0.3) is 11.1 Å². The van der Waals surface area contributed by atoms with Gasteiger partial charge in [-0.05, 0) is 38.9 Å². The van der Waals surface area contributed by atoms with Gasteiger partial charge in [-0.1, -0.05) is 140 Å². The van der Waals surface area contributed by atoms with Gasteiger partial charge in [0.1, 0.15) is 19.3 Å². The van der Waals surface area contributed by atoms with E-state index >= 15 is 0 Å². The van der Waals surface area contributed by atoms with E-state index in [-0.39, 0.29) is 13.2 Å². The molecule has 2 atom stereocenters. The summed E-state index contributed by atoms with van der Waals surface area (Å²) in [5.41, 5.74) is 6.53. The Morgan fingerprint density at radius 3 is 1.58 bits per heavy atom. The zero-order valence-corrected chi connectivity index (χ0v) is 28.6. The minimum absolute atomic E-state index is 0.147. The minimum atomic E-state index is -1.87. The molecule has 0 unspecified atom stereocenters. The average molecular weight is 700 g/mol. The minimum Gasteiger partial charge on any atom is -0.468 e. The number of hydrazine groups is 1. The molecule has 0 aromatic heterocycles. The van der Waals surface area contributed by atoms with E-state index in [0.717, 1.165) is 42.0 Å². The Balaban J connectivity index is 1.45. The van der Waals surface area contributed by atoms with Crippen molar-refractivity contribution in [3.05, 3.63) is 167 Å². The number of esters is 2. The molecule has 52 heavy (non-hydrogen) atoms. The number of carbonyl (C=O) groups excluding carboxylic acids is 4. The summed E-state index contributed by atoms with van der Waals surface area (Å²) in [5, 5.41) is 4.06. The van der Waals surface area contributed by atoms with Gasteiger partial charge >= 0.3 is 24.1 Å². The van der Waals surface area contributed by atoms with Gasteiger partial charge in [0.25, 0.3) is 0 Å². The normalized spacial score (nSPS) is 13.3. The lowest BCUT2D eigenvalue weighted by Crippen LogP contribution is -2.67. The third kappa shape index (κ3) is 7.21. The quantitative estimate of drug-likeness (QED) is 0.0952. The molecule has 11 heteroatoms. The second kappa shape index (κ2) is 16.0. The summed E-state index contributed by atoms with van der Waals surface area (Å²) >= 11 is 0. The van der Waals surface area contributed by atoms with E-state index < -0.39 is 41.7 Å². The number of ether oxygens (including phenoxy) is 4. The summed E-state index contributed by atoms with van der Waals surface area (Å²) < 4.78 is 21.5. The highest BCUT2D eigenvalue weighted by Gasteiger charge is 2.52. The molecule has 0 bridgehead atoms. The van der Waals surface area contributed by atoms with E-state index in [1.54, 1.807) is 48.5 Å². The van der Waals surface area contributed by atoms with Gasteiger partial charge in [0, 0.05) is 0 Å². The van der Waals surface area contributed by atoms with E-state index in [2.05, 4.69) is 10.7 Å². The van der Waals surface area contributed by atoms with Crippen molar-refractivity contribution in [2.75, 3.05) is 14.2 Å². The Bertz CT molecular complexity index is 1980. The topological polar surface area (TPSA) is 132 Å². The highest BCUT2D eigenvalue weighted by molar-refractivity contribution is 5.91. The molecule has 5 aromatic rings. The summed E-state index contributed by atoms with van der Waals surface area (Å²) in [6, 6.07) is 39.0. The Morgan fingerprint density at radius 1 is 0.596 bits per heavy atom. The molecule has 1 aliphatic carbocycles. The van der Waals surface area contributed by atoms with Gasteiger partial charge in [-0.15, -0.1) is 0 Å². The van der Waals surface area contributed by atoms with Crippen LogP contribution < -0.4 is 10.7 Å². The Morgan fingerprint density at radius 2 is 1.06 bits per heavy atom. The molecule has 0 saturated heterocycles. The highest BCUT2D eigenvalue weighted by Crippen LogP contribution is 2.51. The van der Waals surface area contributed by atoms with E-state index in [1.165, 1.54) is 0 Å². The molecule has 6 rings (SSSR count). The summed E-state index contributed by atoms with van der Waals surface area (Å²) in [7, 11) is 2.27. The lowest BCUT2D eigenvalue weighted by Gasteiger charge is -2.40. The molecule has 2 N–H and O–H groups in total. The largest absolute Gasteiger partial charge is 0.468 e. The molecular weight excluding hydrogens is 662 g/mol. The van der Waals surface area contributed by atoms with Crippen molar-refractivity contribution in [1.82, 2.24) is 15.8 Å². The summed E-state index contributed by atoms with van der Waals surface area (Å²) in [4.78, 5) is 55.4. The molecule has 0 radical (unpaired) electrons. The smallest absolute Gasteiger partial charge is 0.430 e. The van der Waals surface area contributed by atoms with Crippen LogP contribution in [-0.4, -0.2) is 55.4 Å². The van der Waals surface area contributed by atoms with Gasteiger partial charge in [-0.3, -0.25) is 10.1 Å². The molecule has 5 aromatic carbocycles. The molecule has 11 nitrogen and oxygen atoms in total. The predicted molar refractivity (Wildman–Crippen MR) is 191 cm³/mol. The fourth-order valence-corrected chi connectivity index (χ4v) is 6.48. The van der Waals surface area contributed by atoms with Crippen LogP contribution in [0.1, 0.15) is 27.8 Å². The lowest BCUT2D eigenvalue weighted by atomic mass is 9.79. The molecule has 0 aliphatic heterocycles. The number of amides is 2. The third-order valence-electron chi connectivity index (χ3n) is 8.85. The molecule has 2 amide bonds. The van der Waals surface area contributed by atoms with Crippen LogP contribution in [0.5, 0.6) is 0 Å². The second-order valence-corrected chi connectivity index (χ2v) is 11.9. The van der Waals surface area contributed by atoms with Gasteiger partial charge in [-0.25, -0.2) is 19.8 Å². The van der Waals surface area contributed by atoms with Crippen LogP contribution >= 0.6 is 0 Å². The maximum absolute atomic E-state index is 14.0. The van der Waals surface area contributed by atoms with Crippen molar-refractivity contribution in [3.63, 3.8) is 0 Å². The fraction of sp³-hybridized carbons (Fsp3) is 0.171. The van der Waals surface area contributed by atoms with Crippen molar-refractivity contribution in [2.24, 2.45) is 0 Å². The highest BCUT2D eigenvalue weighted by atomic mass is 16.6. The van der Waals surface area contributed by atoms with Crippen LogP contribution in [0.15, 0.2) is 140 Å². The number of hydrogen-bond acceptors (Lipinski definition) is 9. The zero-order chi connectivity index (χ0) is 36.5. The summed E-state index contributed by atoms with van der Waals surface area (Å²) in [6.45, 7) is -0.359. The van der Waals surface area contributed by atoms with Crippen LogP contribution in [0.3, 0.4) is 0 Å². The maximum atomic E-state index is 14.0. The van der Waals surface area contributed by atoms with E-state index in [0.29, 0.717) is 16.1 Å². The van der Waals surface area contributed by atoms with Crippen molar-refractivity contribution in [1.29, 1.82) is 0 Å². The first-order valence-corrected chi connectivity index (χ1v) is 16.5. The third-order valence-corrected chi connectivity index (χ3v) is 8.85. The Hall–Kier alpha value is -6.46.